The van der Waals surface area contributed by atoms with E-state index >= 15 is 0 Å². The van der Waals surface area contributed by atoms with Gasteiger partial charge in [0, 0.05) is 38.7 Å². The summed E-state index contributed by atoms with van der Waals surface area (Å²) in [5.74, 6) is 0. The van der Waals surface area contributed by atoms with Crippen LogP contribution in [0.1, 0.15) is 12.8 Å². The number of nitrogens with one attached hydrogen (secondary N) is 2. The van der Waals surface area contributed by atoms with Crippen molar-refractivity contribution in [2.24, 2.45) is 0 Å². The van der Waals surface area contributed by atoms with Gasteiger partial charge in [-0.3, -0.25) is 4.79 Å². The van der Waals surface area contributed by atoms with Crippen LogP contribution in [0.25, 0.3) is 0 Å². The van der Waals surface area contributed by atoms with Gasteiger partial charge in [-0.05, 0) is 12.8 Å². The zero-order valence-corrected chi connectivity index (χ0v) is 10.4. The molecule has 0 bridgehead atoms. The number of unbranched alkanes of at least 4 members (excludes halogenated alkanes) is 1. The van der Waals surface area contributed by atoms with Crippen LogP contribution in [-0.4, -0.2) is 33.7 Å². The molecular formula is C10H16N2O4S. The quantitative estimate of drug-likeness (QED) is 0.680. The molecule has 0 unspecified atom stereocenters. The van der Waals surface area contributed by atoms with Crippen LogP contribution in [-0.2, 0) is 14.8 Å². The molecule has 0 atom stereocenters. The van der Waals surface area contributed by atoms with Crippen LogP contribution < -0.4 is 10.2 Å². The van der Waals surface area contributed by atoms with Crippen molar-refractivity contribution in [3.63, 3.8) is 0 Å². The Balaban J connectivity index is 2.58. The fourth-order valence-corrected chi connectivity index (χ4v) is 2.39. The number of H-pyrrole nitrogens is 1. The average molecular weight is 260 g/mol. The van der Waals surface area contributed by atoms with E-state index in [0.717, 1.165) is 6.42 Å². The molecule has 0 aromatic carbocycles. The van der Waals surface area contributed by atoms with Crippen molar-refractivity contribution in [1.29, 1.82) is 0 Å². The van der Waals surface area contributed by atoms with E-state index < -0.39 is 15.5 Å². The molecule has 0 spiro atoms. The smallest absolute Gasteiger partial charge is 0.245 e. The lowest BCUT2D eigenvalue weighted by Gasteiger charge is -2.05. The van der Waals surface area contributed by atoms with Gasteiger partial charge in [-0.25, -0.2) is 13.1 Å². The molecule has 1 rings (SSSR count). The number of ether oxygens (including phenoxy) is 1. The van der Waals surface area contributed by atoms with Crippen LogP contribution in [0.15, 0.2) is 28.2 Å². The van der Waals surface area contributed by atoms with Gasteiger partial charge < -0.3 is 9.72 Å². The topological polar surface area (TPSA) is 88.3 Å². The van der Waals surface area contributed by atoms with Gasteiger partial charge in [0.15, 0.2) is 0 Å². The highest BCUT2D eigenvalue weighted by Crippen LogP contribution is 2.00. The Bertz CT molecular complexity index is 495. The zero-order chi connectivity index (χ0) is 12.7. The number of hydrogen-bond acceptors (Lipinski definition) is 4. The standard InChI is InChI=1S/C10H16N2O4S/c1-16-7-3-2-5-12-17(14,15)10-8-11-6-4-9(10)13/h4,6,8,12H,2-3,5,7H2,1H3,(H,11,13). The molecule has 2 N–H and O–H groups in total. The Kier molecular flexibility index (Phi) is 5.33. The van der Waals surface area contributed by atoms with Crippen LogP contribution in [0.2, 0.25) is 0 Å². The zero-order valence-electron chi connectivity index (χ0n) is 9.60. The van der Waals surface area contributed by atoms with Crippen molar-refractivity contribution in [3.8, 4) is 0 Å². The van der Waals surface area contributed by atoms with E-state index in [9.17, 15) is 13.2 Å². The summed E-state index contributed by atoms with van der Waals surface area (Å²) in [5.41, 5.74) is -0.520. The molecular weight excluding hydrogens is 244 g/mol. The fraction of sp³-hybridized carbons (Fsp3) is 0.500. The maximum Gasteiger partial charge on any atom is 0.245 e. The van der Waals surface area contributed by atoms with Gasteiger partial charge in [0.05, 0.1) is 0 Å². The Morgan fingerprint density at radius 2 is 2.18 bits per heavy atom. The highest BCUT2D eigenvalue weighted by molar-refractivity contribution is 7.89. The maximum absolute atomic E-state index is 11.7. The highest BCUT2D eigenvalue weighted by Gasteiger charge is 2.16. The maximum atomic E-state index is 11.7. The molecule has 1 aromatic heterocycles. The van der Waals surface area contributed by atoms with Crippen LogP contribution in [0.3, 0.4) is 0 Å². The third-order valence-corrected chi connectivity index (χ3v) is 3.63. The van der Waals surface area contributed by atoms with E-state index in [0.29, 0.717) is 19.6 Å². The van der Waals surface area contributed by atoms with Gasteiger partial charge >= 0.3 is 0 Å². The summed E-state index contributed by atoms with van der Waals surface area (Å²) < 4.78 is 30.7. The molecule has 0 aliphatic rings. The fourth-order valence-electron chi connectivity index (χ4n) is 1.27. The minimum Gasteiger partial charge on any atom is -0.385 e. The summed E-state index contributed by atoms with van der Waals surface area (Å²) in [4.78, 5) is 13.7. The summed E-state index contributed by atoms with van der Waals surface area (Å²) in [5, 5.41) is 0. The molecule has 0 aliphatic carbocycles. The van der Waals surface area contributed by atoms with Crippen molar-refractivity contribution in [3.05, 3.63) is 28.7 Å². The highest BCUT2D eigenvalue weighted by atomic mass is 32.2. The van der Waals surface area contributed by atoms with Gasteiger partial charge in [0.1, 0.15) is 4.90 Å². The van der Waals surface area contributed by atoms with E-state index in [4.69, 9.17) is 4.74 Å². The van der Waals surface area contributed by atoms with Crippen LogP contribution in [0.5, 0.6) is 0 Å². The first kappa shape index (κ1) is 13.9. The number of hydrogen-bond donors (Lipinski definition) is 2. The van der Waals surface area contributed by atoms with Gasteiger partial charge in [0.25, 0.3) is 0 Å². The summed E-state index contributed by atoms with van der Waals surface area (Å²) in [6.45, 7) is 0.883. The minimum absolute atomic E-state index is 0.258. The van der Waals surface area contributed by atoms with Crippen LogP contribution >= 0.6 is 0 Å². The number of methoxy groups -OCH3 is 1. The number of sulfonamides is 1. The normalized spacial score (nSPS) is 11.6. The van der Waals surface area contributed by atoms with E-state index in [1.54, 1.807) is 7.11 Å². The summed E-state index contributed by atoms with van der Waals surface area (Å²) in [7, 11) is -2.12. The molecule has 17 heavy (non-hydrogen) atoms. The Morgan fingerprint density at radius 3 is 2.82 bits per heavy atom. The predicted molar refractivity (Wildman–Crippen MR) is 63.4 cm³/mol. The van der Waals surface area contributed by atoms with Crippen molar-refractivity contribution in [2.75, 3.05) is 20.3 Å². The third-order valence-electron chi connectivity index (χ3n) is 2.15. The summed E-state index contributed by atoms with van der Waals surface area (Å²) >= 11 is 0. The van der Waals surface area contributed by atoms with E-state index in [-0.39, 0.29) is 4.90 Å². The van der Waals surface area contributed by atoms with Crippen LogP contribution in [0, 0.1) is 0 Å². The Labute approximate surface area is 100 Å². The number of aromatic nitrogens is 1. The second-order valence-electron chi connectivity index (χ2n) is 3.47. The second kappa shape index (κ2) is 6.53. The molecule has 1 heterocycles. The second-order valence-corrected chi connectivity index (χ2v) is 5.21. The largest absolute Gasteiger partial charge is 0.385 e. The SMILES string of the molecule is COCCCCNS(=O)(=O)c1c[nH]ccc1=O. The number of pyridine rings is 1. The van der Waals surface area contributed by atoms with Gasteiger partial charge in [-0.1, -0.05) is 0 Å². The molecule has 0 radical (unpaired) electrons. The minimum atomic E-state index is -3.71. The first-order valence-corrected chi connectivity index (χ1v) is 6.72. The van der Waals surface area contributed by atoms with Crippen molar-refractivity contribution in [2.45, 2.75) is 17.7 Å². The molecule has 1 aromatic rings. The molecule has 0 saturated heterocycles. The molecule has 6 nitrogen and oxygen atoms in total. The van der Waals surface area contributed by atoms with Gasteiger partial charge in [0.2, 0.25) is 15.5 Å². The van der Waals surface area contributed by atoms with Crippen molar-refractivity contribution >= 4 is 10.0 Å². The average Bonchev–Trinajstić information content (AvgIpc) is 2.29. The molecule has 7 heteroatoms. The monoisotopic (exact) mass is 260 g/mol. The Hall–Kier alpha value is -1.18. The molecule has 0 amide bonds. The summed E-state index contributed by atoms with van der Waals surface area (Å²) in [6.07, 6.45) is 4.00. The lowest BCUT2D eigenvalue weighted by molar-refractivity contribution is 0.193. The van der Waals surface area contributed by atoms with E-state index in [2.05, 4.69) is 9.71 Å². The number of rotatable bonds is 7. The Morgan fingerprint density at radius 1 is 1.41 bits per heavy atom. The number of aromatic amines is 1. The van der Waals surface area contributed by atoms with Gasteiger partial charge in [-0.2, -0.15) is 0 Å². The lowest BCUT2D eigenvalue weighted by atomic mass is 10.3. The molecule has 96 valence electrons. The van der Waals surface area contributed by atoms with E-state index in [1.165, 1.54) is 18.5 Å². The predicted octanol–water partition coefficient (Wildman–Crippen LogP) is 0.0798. The van der Waals surface area contributed by atoms with Crippen molar-refractivity contribution in [1.82, 2.24) is 9.71 Å². The van der Waals surface area contributed by atoms with Gasteiger partial charge in [-0.15, -0.1) is 0 Å². The molecule has 0 saturated carbocycles. The third kappa shape index (κ3) is 4.29. The van der Waals surface area contributed by atoms with E-state index in [1.807, 2.05) is 0 Å². The molecule has 0 fully saturated rings. The molecule has 0 aliphatic heterocycles. The van der Waals surface area contributed by atoms with Crippen LogP contribution in [0.4, 0.5) is 0 Å². The first-order chi connectivity index (χ1) is 8.08. The lowest BCUT2D eigenvalue weighted by Crippen LogP contribution is -2.29. The van der Waals surface area contributed by atoms with Crippen molar-refractivity contribution < 1.29 is 13.2 Å². The first-order valence-electron chi connectivity index (χ1n) is 5.23. The summed E-state index contributed by atoms with van der Waals surface area (Å²) in [6, 6.07) is 1.18.